The second kappa shape index (κ2) is 13.3. The first-order valence-corrected chi connectivity index (χ1v) is 11.1. The summed E-state index contributed by atoms with van der Waals surface area (Å²) in [5.74, 6) is 12.4. The van der Waals surface area contributed by atoms with Gasteiger partial charge in [0, 0.05) is 22.8 Å². The lowest BCUT2D eigenvalue weighted by molar-refractivity contribution is -0.137. The van der Waals surface area contributed by atoms with Gasteiger partial charge in [0.2, 0.25) is 0 Å². The van der Waals surface area contributed by atoms with Gasteiger partial charge >= 0.3 is 5.97 Å². The van der Waals surface area contributed by atoms with Crippen LogP contribution in [0.4, 0.5) is 4.39 Å². The first-order chi connectivity index (χ1) is 17.1. The Balaban J connectivity index is 1.51. The van der Waals surface area contributed by atoms with Crippen LogP contribution >= 0.6 is 0 Å². The van der Waals surface area contributed by atoms with Gasteiger partial charge in [-0.1, -0.05) is 30.3 Å². The summed E-state index contributed by atoms with van der Waals surface area (Å²) in [6, 6.07) is 19.4. The molecule has 0 radical (unpaired) electrons. The number of hydrogen-bond acceptors (Lipinski definition) is 4. The molecule has 0 atom stereocenters. The summed E-state index contributed by atoms with van der Waals surface area (Å²) >= 11 is 0. The molecule has 0 heterocycles. The number of halogens is 1. The number of carbonyl (C=O) groups is 1. The number of benzene rings is 3. The fourth-order valence-electron chi connectivity index (χ4n) is 2.91. The summed E-state index contributed by atoms with van der Waals surface area (Å²) in [5, 5.41) is 0. The van der Waals surface area contributed by atoms with Crippen LogP contribution in [-0.4, -0.2) is 26.3 Å². The number of ether oxygens (including phenoxy) is 3. The molecule has 0 aromatic heterocycles. The van der Waals surface area contributed by atoms with E-state index in [0.29, 0.717) is 30.8 Å². The van der Waals surface area contributed by atoms with Gasteiger partial charge in [0.1, 0.15) is 17.3 Å². The van der Waals surface area contributed by atoms with Gasteiger partial charge in [-0.25, -0.2) is 9.18 Å². The van der Waals surface area contributed by atoms with Crippen molar-refractivity contribution >= 4 is 5.97 Å². The van der Waals surface area contributed by atoms with E-state index in [1.54, 1.807) is 19.2 Å². The maximum Gasteiger partial charge on any atom is 0.330 e. The molecule has 3 rings (SSSR count). The third-order valence-corrected chi connectivity index (χ3v) is 4.82. The van der Waals surface area contributed by atoms with Crippen LogP contribution in [0.1, 0.15) is 35.1 Å². The maximum absolute atomic E-state index is 14.5. The SMILES string of the molecule is C=CC(=O)OCCCCOc1ccc(C#Cc2ccc(C#Cc3ccc(OC)cc3)c(F)c2)cc1. The molecule has 0 unspecified atom stereocenters. The molecule has 0 amide bonds. The summed E-state index contributed by atoms with van der Waals surface area (Å²) in [6.45, 7) is 4.21. The van der Waals surface area contributed by atoms with E-state index < -0.39 is 11.8 Å². The molecule has 5 heteroatoms. The van der Waals surface area contributed by atoms with Crippen LogP contribution in [0.5, 0.6) is 11.5 Å². The molecule has 4 nitrogen and oxygen atoms in total. The van der Waals surface area contributed by atoms with Crippen LogP contribution in [-0.2, 0) is 9.53 Å². The third kappa shape index (κ3) is 8.42. The average molecular weight is 469 g/mol. The first-order valence-electron chi connectivity index (χ1n) is 11.1. The fourth-order valence-corrected chi connectivity index (χ4v) is 2.91. The second-order valence-corrected chi connectivity index (χ2v) is 7.37. The molecule has 0 bridgehead atoms. The normalized spacial score (nSPS) is 9.66. The Kier molecular flexibility index (Phi) is 9.54. The lowest BCUT2D eigenvalue weighted by Crippen LogP contribution is -2.04. The molecule has 0 aliphatic heterocycles. The van der Waals surface area contributed by atoms with Crippen LogP contribution in [0.2, 0.25) is 0 Å². The summed E-state index contributed by atoms with van der Waals surface area (Å²) in [5.41, 5.74) is 2.44. The summed E-state index contributed by atoms with van der Waals surface area (Å²) < 4.78 is 30.2. The Morgan fingerprint density at radius 2 is 1.40 bits per heavy atom. The zero-order chi connectivity index (χ0) is 24.9. The molecule has 0 aliphatic carbocycles. The quantitative estimate of drug-likeness (QED) is 0.189. The molecule has 35 heavy (non-hydrogen) atoms. The van der Waals surface area contributed by atoms with Crippen molar-refractivity contribution in [3.8, 4) is 35.2 Å². The van der Waals surface area contributed by atoms with E-state index in [-0.39, 0.29) is 0 Å². The van der Waals surface area contributed by atoms with E-state index in [9.17, 15) is 9.18 Å². The Hall–Kier alpha value is -4.48. The predicted molar refractivity (Wildman–Crippen MR) is 134 cm³/mol. The molecular formula is C30H25FO4. The standard InChI is InChI=1S/C30H25FO4/c1-3-30(32)35-21-5-4-20-34-28-18-12-23(13-19-28)6-7-25-9-15-26(29(31)22-25)14-8-24-10-16-27(33-2)17-11-24/h3,9-13,15-19,22H,1,4-5,20-21H2,2H3. The highest BCUT2D eigenvalue weighted by Gasteiger charge is 2.01. The van der Waals surface area contributed by atoms with E-state index in [1.165, 1.54) is 6.07 Å². The van der Waals surface area contributed by atoms with Crippen LogP contribution in [0, 0.1) is 29.5 Å². The van der Waals surface area contributed by atoms with Crippen molar-refractivity contribution in [2.45, 2.75) is 12.8 Å². The lowest BCUT2D eigenvalue weighted by Gasteiger charge is -2.06. The minimum atomic E-state index is -0.417. The molecule has 176 valence electrons. The van der Waals surface area contributed by atoms with E-state index in [1.807, 2.05) is 48.5 Å². The summed E-state index contributed by atoms with van der Waals surface area (Å²) in [7, 11) is 1.60. The summed E-state index contributed by atoms with van der Waals surface area (Å²) in [6.07, 6.45) is 2.62. The van der Waals surface area contributed by atoms with Gasteiger partial charge in [-0.15, -0.1) is 0 Å². The van der Waals surface area contributed by atoms with E-state index in [2.05, 4.69) is 30.3 Å². The molecule has 0 saturated heterocycles. The van der Waals surface area contributed by atoms with Crippen molar-refractivity contribution in [3.05, 3.63) is 107 Å². The van der Waals surface area contributed by atoms with Gasteiger partial charge in [-0.3, -0.25) is 0 Å². The molecular weight excluding hydrogens is 443 g/mol. The number of carbonyl (C=O) groups excluding carboxylic acids is 1. The monoisotopic (exact) mass is 468 g/mol. The van der Waals surface area contributed by atoms with E-state index >= 15 is 0 Å². The minimum Gasteiger partial charge on any atom is -0.497 e. The van der Waals surface area contributed by atoms with Gasteiger partial charge in [0.25, 0.3) is 0 Å². The zero-order valence-electron chi connectivity index (χ0n) is 19.5. The number of hydrogen-bond donors (Lipinski definition) is 0. The van der Waals surface area contributed by atoms with E-state index in [4.69, 9.17) is 14.2 Å². The predicted octanol–water partition coefficient (Wildman–Crippen LogP) is 5.52. The largest absolute Gasteiger partial charge is 0.497 e. The number of methoxy groups -OCH3 is 1. The molecule has 0 spiro atoms. The Morgan fingerprint density at radius 3 is 2.03 bits per heavy atom. The Bertz CT molecular complexity index is 1270. The minimum absolute atomic E-state index is 0.312. The molecule has 0 aliphatic rings. The van der Waals surface area contributed by atoms with Crippen molar-refractivity contribution in [2.24, 2.45) is 0 Å². The topological polar surface area (TPSA) is 44.8 Å². The van der Waals surface area contributed by atoms with Crippen LogP contribution in [0.25, 0.3) is 0 Å². The highest BCUT2D eigenvalue weighted by molar-refractivity contribution is 5.81. The first kappa shape index (κ1) is 25.1. The Labute approximate surface area is 205 Å². The molecule has 0 saturated carbocycles. The van der Waals surface area contributed by atoms with Gasteiger partial charge < -0.3 is 14.2 Å². The lowest BCUT2D eigenvalue weighted by atomic mass is 10.1. The van der Waals surface area contributed by atoms with E-state index in [0.717, 1.165) is 35.1 Å². The van der Waals surface area contributed by atoms with Gasteiger partial charge in [0.05, 0.1) is 25.9 Å². The van der Waals surface area contributed by atoms with Crippen molar-refractivity contribution in [2.75, 3.05) is 20.3 Å². The van der Waals surface area contributed by atoms with Crippen LogP contribution < -0.4 is 9.47 Å². The molecule has 3 aromatic carbocycles. The molecule has 0 fully saturated rings. The van der Waals surface area contributed by atoms with Gasteiger partial charge in [-0.2, -0.15) is 0 Å². The smallest absolute Gasteiger partial charge is 0.330 e. The highest BCUT2D eigenvalue weighted by Crippen LogP contribution is 2.14. The second-order valence-electron chi connectivity index (χ2n) is 7.37. The van der Waals surface area contributed by atoms with Gasteiger partial charge in [0.15, 0.2) is 0 Å². The fraction of sp³-hybridized carbons (Fsp3) is 0.167. The van der Waals surface area contributed by atoms with Crippen molar-refractivity contribution in [3.63, 3.8) is 0 Å². The van der Waals surface area contributed by atoms with Gasteiger partial charge in [-0.05, 0) is 79.6 Å². The zero-order valence-corrected chi connectivity index (χ0v) is 19.5. The third-order valence-electron chi connectivity index (χ3n) is 4.82. The van der Waals surface area contributed by atoms with Crippen LogP contribution in [0.3, 0.4) is 0 Å². The van der Waals surface area contributed by atoms with Crippen molar-refractivity contribution in [1.29, 1.82) is 0 Å². The number of esters is 1. The maximum atomic E-state index is 14.5. The highest BCUT2D eigenvalue weighted by atomic mass is 19.1. The molecule has 0 N–H and O–H groups in total. The summed E-state index contributed by atoms with van der Waals surface area (Å²) in [4.78, 5) is 11.0. The number of rotatable bonds is 8. The Morgan fingerprint density at radius 1 is 0.829 bits per heavy atom. The van der Waals surface area contributed by atoms with Crippen molar-refractivity contribution in [1.82, 2.24) is 0 Å². The molecule has 3 aromatic rings. The van der Waals surface area contributed by atoms with Crippen molar-refractivity contribution < 1.29 is 23.4 Å². The van der Waals surface area contributed by atoms with Crippen LogP contribution in [0.15, 0.2) is 79.4 Å². The number of unbranched alkanes of at least 4 members (excludes halogenated alkanes) is 1. The average Bonchev–Trinajstić information content (AvgIpc) is 2.89.